The van der Waals surface area contributed by atoms with Crippen LogP contribution in [0.15, 0.2) is 30.3 Å². The van der Waals surface area contributed by atoms with E-state index in [1.807, 2.05) is 25.8 Å². The molecular formula is C27H33F3N6O3. The molecule has 3 N–H and O–H groups in total. The van der Waals surface area contributed by atoms with Crippen LogP contribution in [0.2, 0.25) is 0 Å². The molecule has 9 nitrogen and oxygen atoms in total. The number of piperazine rings is 1. The highest BCUT2D eigenvalue weighted by atomic mass is 19.4. The van der Waals surface area contributed by atoms with Crippen molar-refractivity contribution in [2.45, 2.75) is 39.4 Å². The summed E-state index contributed by atoms with van der Waals surface area (Å²) in [5.41, 5.74) is -0.0629. The summed E-state index contributed by atoms with van der Waals surface area (Å²) in [4.78, 5) is 17.0. The first-order chi connectivity index (χ1) is 18.4. The number of amides is 1. The maximum atomic E-state index is 14.3. The molecule has 12 heteroatoms. The van der Waals surface area contributed by atoms with Gasteiger partial charge in [0.2, 0.25) is 5.82 Å². The highest BCUT2D eigenvalue weighted by molar-refractivity contribution is 5.92. The van der Waals surface area contributed by atoms with Gasteiger partial charge >= 0.3 is 6.18 Å². The second-order valence-corrected chi connectivity index (χ2v) is 10.0. The van der Waals surface area contributed by atoms with Gasteiger partial charge in [-0.15, -0.1) is 10.2 Å². The Morgan fingerprint density at radius 3 is 2.36 bits per heavy atom. The maximum absolute atomic E-state index is 14.3. The summed E-state index contributed by atoms with van der Waals surface area (Å²) in [7, 11) is 1.98. The number of hydrogen-bond acceptors (Lipinski definition) is 7. The number of rotatable bonds is 7. The minimum absolute atomic E-state index is 0.0178. The van der Waals surface area contributed by atoms with Crippen molar-refractivity contribution in [1.29, 1.82) is 0 Å². The first kappa shape index (κ1) is 28.4. The van der Waals surface area contributed by atoms with Gasteiger partial charge in [0.1, 0.15) is 11.5 Å². The van der Waals surface area contributed by atoms with Gasteiger partial charge in [-0.1, -0.05) is 19.9 Å². The van der Waals surface area contributed by atoms with Crippen molar-refractivity contribution in [3.8, 4) is 28.6 Å². The predicted molar refractivity (Wildman–Crippen MR) is 140 cm³/mol. The number of phenols is 2. The molecule has 1 aliphatic heterocycles. The van der Waals surface area contributed by atoms with Crippen LogP contribution < -0.4 is 5.32 Å². The molecule has 1 aliphatic rings. The normalized spacial score (nSPS) is 15.2. The fraction of sp³-hybridized carbons (Fsp3) is 0.444. The quantitative estimate of drug-likeness (QED) is 0.412. The summed E-state index contributed by atoms with van der Waals surface area (Å²) >= 11 is 0. The topological polar surface area (TPSA) is 107 Å². The number of alkyl halides is 3. The van der Waals surface area contributed by atoms with E-state index >= 15 is 0 Å². The molecule has 0 unspecified atom stereocenters. The van der Waals surface area contributed by atoms with Crippen molar-refractivity contribution in [2.75, 3.05) is 39.8 Å². The minimum Gasteiger partial charge on any atom is -0.508 e. The Morgan fingerprint density at radius 2 is 1.74 bits per heavy atom. The van der Waals surface area contributed by atoms with E-state index in [1.165, 1.54) is 22.8 Å². The Kier molecular flexibility index (Phi) is 8.17. The van der Waals surface area contributed by atoms with E-state index in [-0.39, 0.29) is 59.0 Å². The first-order valence-corrected chi connectivity index (χ1v) is 12.8. The number of nitrogens with one attached hydrogen (secondary N) is 1. The number of hydrogen-bond donors (Lipinski definition) is 3. The number of phenolic OH excluding ortho intramolecular Hbond substituents is 2. The molecule has 1 amide bonds. The van der Waals surface area contributed by atoms with Crippen LogP contribution in [-0.2, 0) is 12.7 Å². The van der Waals surface area contributed by atoms with Crippen LogP contribution in [0, 0.1) is 0 Å². The molecule has 0 aliphatic carbocycles. The Hall–Kier alpha value is -3.64. The molecule has 2 heterocycles. The monoisotopic (exact) mass is 546 g/mol. The van der Waals surface area contributed by atoms with Gasteiger partial charge in [0, 0.05) is 45.3 Å². The van der Waals surface area contributed by atoms with E-state index < -0.39 is 17.6 Å². The number of halogens is 3. The predicted octanol–water partition coefficient (Wildman–Crippen LogP) is 3.98. The average molecular weight is 547 g/mol. The molecule has 1 saturated heterocycles. The number of aromatic hydroxyl groups is 2. The number of carbonyl (C=O) groups excluding carboxylic acids is 1. The van der Waals surface area contributed by atoms with Gasteiger partial charge < -0.3 is 20.4 Å². The van der Waals surface area contributed by atoms with Gasteiger partial charge in [0.25, 0.3) is 5.91 Å². The molecule has 0 atom stereocenters. The molecule has 210 valence electrons. The van der Waals surface area contributed by atoms with Crippen LogP contribution in [0.5, 0.6) is 11.5 Å². The van der Waals surface area contributed by atoms with E-state index in [1.54, 1.807) is 6.92 Å². The van der Waals surface area contributed by atoms with Crippen LogP contribution in [0.4, 0.5) is 13.2 Å². The van der Waals surface area contributed by atoms with Crippen LogP contribution in [0.1, 0.15) is 54.0 Å². The molecule has 1 fully saturated rings. The molecule has 0 saturated carbocycles. The summed E-state index contributed by atoms with van der Waals surface area (Å²) in [5.74, 6) is -1.51. The summed E-state index contributed by atoms with van der Waals surface area (Å²) in [6.45, 7) is 8.65. The largest absolute Gasteiger partial charge is 0.508 e. The molecule has 0 spiro atoms. The minimum atomic E-state index is -4.65. The molecule has 3 aromatic rings. The lowest BCUT2D eigenvalue weighted by atomic mass is 9.98. The van der Waals surface area contributed by atoms with Crippen LogP contribution in [0.25, 0.3) is 17.1 Å². The molecule has 39 heavy (non-hydrogen) atoms. The van der Waals surface area contributed by atoms with Crippen molar-refractivity contribution in [3.63, 3.8) is 0 Å². The van der Waals surface area contributed by atoms with E-state index in [4.69, 9.17) is 0 Å². The molecule has 4 rings (SSSR count). The standard InChI is InChI=1S/C27H33F3N6O3/c1-5-31-26(39)25-33-32-24(20-13-19(16(2)3)22(37)14-23(20)38)36(25)18-7-6-17(21(12-18)27(28,29)30)15-35-10-8-34(4)9-11-35/h6-7,12-14,16,37-38H,5,8-11,15H2,1-4H3,(H,31,39). The van der Waals surface area contributed by atoms with Gasteiger partial charge in [0.05, 0.1) is 16.8 Å². The highest BCUT2D eigenvalue weighted by Crippen LogP contribution is 2.39. The van der Waals surface area contributed by atoms with Crippen molar-refractivity contribution in [3.05, 3.63) is 52.8 Å². The third-order valence-corrected chi connectivity index (χ3v) is 6.86. The molecular weight excluding hydrogens is 513 g/mol. The lowest BCUT2D eigenvalue weighted by Crippen LogP contribution is -2.44. The van der Waals surface area contributed by atoms with Gasteiger partial charge in [-0.2, -0.15) is 13.2 Å². The number of carbonyl (C=O) groups is 1. The van der Waals surface area contributed by atoms with Gasteiger partial charge in [-0.25, -0.2) is 0 Å². The smallest absolute Gasteiger partial charge is 0.416 e. The Balaban J connectivity index is 1.87. The fourth-order valence-corrected chi connectivity index (χ4v) is 4.68. The first-order valence-electron chi connectivity index (χ1n) is 12.8. The fourth-order valence-electron chi connectivity index (χ4n) is 4.68. The van der Waals surface area contributed by atoms with E-state index in [0.717, 1.165) is 25.2 Å². The Labute approximate surface area is 224 Å². The Morgan fingerprint density at radius 1 is 1.05 bits per heavy atom. The average Bonchev–Trinajstić information content (AvgIpc) is 3.30. The van der Waals surface area contributed by atoms with Crippen molar-refractivity contribution in [2.24, 2.45) is 0 Å². The highest BCUT2D eigenvalue weighted by Gasteiger charge is 2.35. The lowest BCUT2D eigenvalue weighted by molar-refractivity contribution is -0.138. The summed E-state index contributed by atoms with van der Waals surface area (Å²) in [6.07, 6.45) is -4.65. The van der Waals surface area contributed by atoms with Crippen LogP contribution in [0.3, 0.4) is 0 Å². The zero-order chi connectivity index (χ0) is 28.5. The summed E-state index contributed by atoms with van der Waals surface area (Å²) < 4.78 is 44.2. The summed E-state index contributed by atoms with van der Waals surface area (Å²) in [6, 6.07) is 6.55. The van der Waals surface area contributed by atoms with Crippen molar-refractivity contribution < 1.29 is 28.2 Å². The zero-order valence-corrected chi connectivity index (χ0v) is 22.4. The third-order valence-electron chi connectivity index (χ3n) is 6.86. The van der Waals surface area contributed by atoms with Gasteiger partial charge in [-0.05, 0) is 49.2 Å². The Bertz CT molecular complexity index is 1350. The van der Waals surface area contributed by atoms with Gasteiger partial charge in [0.15, 0.2) is 5.82 Å². The number of aromatic nitrogens is 3. The van der Waals surface area contributed by atoms with Crippen LogP contribution >= 0.6 is 0 Å². The second kappa shape index (κ2) is 11.2. The molecule has 0 bridgehead atoms. The van der Waals surface area contributed by atoms with Crippen LogP contribution in [-0.4, -0.2) is 80.5 Å². The SMILES string of the molecule is CCNC(=O)c1nnc(-c2cc(C(C)C)c(O)cc2O)n1-c1ccc(CN2CCN(C)CC2)c(C(F)(F)F)c1. The third kappa shape index (κ3) is 6.01. The zero-order valence-electron chi connectivity index (χ0n) is 22.4. The number of likely N-dealkylation sites (N-methyl/N-ethyl adjacent to an activating group) is 1. The van der Waals surface area contributed by atoms with Crippen molar-refractivity contribution >= 4 is 5.91 Å². The van der Waals surface area contributed by atoms with E-state index in [9.17, 15) is 28.2 Å². The molecule has 1 aromatic heterocycles. The number of benzene rings is 2. The second-order valence-electron chi connectivity index (χ2n) is 10.0. The maximum Gasteiger partial charge on any atom is 0.416 e. The van der Waals surface area contributed by atoms with E-state index in [2.05, 4.69) is 20.4 Å². The molecule has 0 radical (unpaired) electrons. The molecule has 2 aromatic carbocycles. The lowest BCUT2D eigenvalue weighted by Gasteiger charge is -2.33. The summed E-state index contributed by atoms with van der Waals surface area (Å²) in [5, 5.41) is 31.6. The van der Waals surface area contributed by atoms with Gasteiger partial charge in [-0.3, -0.25) is 14.3 Å². The van der Waals surface area contributed by atoms with Crippen molar-refractivity contribution in [1.82, 2.24) is 29.9 Å². The number of nitrogens with zero attached hydrogens (tertiary/aromatic N) is 5. The van der Waals surface area contributed by atoms with E-state index in [0.29, 0.717) is 18.7 Å².